The summed E-state index contributed by atoms with van der Waals surface area (Å²) in [5.74, 6) is 0.00963. The Morgan fingerprint density at radius 3 is 2.62 bits per heavy atom. The molecule has 1 aromatic rings. The predicted octanol–water partition coefficient (Wildman–Crippen LogP) is 0.413. The van der Waals surface area contributed by atoms with E-state index in [0.717, 1.165) is 5.69 Å². The molecule has 0 aliphatic heterocycles. The molecule has 0 aromatic carbocycles. The van der Waals surface area contributed by atoms with Gasteiger partial charge in [0.25, 0.3) is 0 Å². The van der Waals surface area contributed by atoms with Crippen LogP contribution in [-0.2, 0) is 0 Å². The molecule has 13 heavy (non-hydrogen) atoms. The fraction of sp³-hybridized carbons (Fsp3) is 0.556. The van der Waals surface area contributed by atoms with Crippen LogP contribution in [0.3, 0.4) is 0 Å². The number of aryl methyl sites for hydroxylation is 1. The maximum Gasteiger partial charge on any atom is 0.102 e. The quantitative estimate of drug-likeness (QED) is 0.708. The number of aromatic nitrogens is 2. The van der Waals surface area contributed by atoms with E-state index in [1.807, 2.05) is 13.8 Å². The summed E-state index contributed by atoms with van der Waals surface area (Å²) in [5, 5.41) is 9.79. The van der Waals surface area contributed by atoms with Gasteiger partial charge in [0.2, 0.25) is 0 Å². The molecule has 0 aliphatic carbocycles. The van der Waals surface area contributed by atoms with Crippen LogP contribution < -0.4 is 5.73 Å². The van der Waals surface area contributed by atoms with Crippen LogP contribution in [0.25, 0.3) is 0 Å². The fourth-order valence-corrected chi connectivity index (χ4v) is 1.11. The third kappa shape index (κ3) is 2.23. The van der Waals surface area contributed by atoms with Gasteiger partial charge in [0.1, 0.15) is 6.10 Å². The number of hydrogen-bond acceptors (Lipinski definition) is 4. The highest BCUT2D eigenvalue weighted by Crippen LogP contribution is 2.20. The van der Waals surface area contributed by atoms with Gasteiger partial charge in [-0.3, -0.25) is 9.97 Å². The highest BCUT2D eigenvalue weighted by atomic mass is 16.3. The van der Waals surface area contributed by atoms with Crippen LogP contribution in [0.5, 0.6) is 0 Å². The average Bonchev–Trinajstić information content (AvgIpc) is 2.16. The molecule has 1 rings (SSSR count). The van der Waals surface area contributed by atoms with E-state index in [0.29, 0.717) is 12.2 Å². The SMILES string of the molecule is Cc1nccnc1C(O)C(C)CN. The Hall–Kier alpha value is -1.00. The van der Waals surface area contributed by atoms with Gasteiger partial charge in [0, 0.05) is 18.3 Å². The molecule has 0 fully saturated rings. The number of nitrogens with two attached hydrogens (primary N) is 1. The first-order valence-corrected chi connectivity index (χ1v) is 4.32. The lowest BCUT2D eigenvalue weighted by molar-refractivity contribution is 0.116. The summed E-state index contributed by atoms with van der Waals surface area (Å²) < 4.78 is 0. The summed E-state index contributed by atoms with van der Waals surface area (Å²) in [4.78, 5) is 8.13. The topological polar surface area (TPSA) is 72.0 Å². The maximum atomic E-state index is 9.79. The molecular weight excluding hydrogens is 166 g/mol. The number of aliphatic hydroxyl groups is 1. The summed E-state index contributed by atoms with van der Waals surface area (Å²) in [6.07, 6.45) is 2.58. The van der Waals surface area contributed by atoms with Gasteiger partial charge in [0.05, 0.1) is 11.4 Å². The number of aliphatic hydroxyl groups excluding tert-OH is 1. The molecule has 0 radical (unpaired) electrons. The van der Waals surface area contributed by atoms with Crippen molar-refractivity contribution in [3.8, 4) is 0 Å². The first kappa shape index (κ1) is 10.1. The number of rotatable bonds is 3. The van der Waals surface area contributed by atoms with Crippen molar-refractivity contribution in [2.45, 2.75) is 20.0 Å². The molecule has 72 valence electrons. The van der Waals surface area contributed by atoms with Crippen LogP contribution in [-0.4, -0.2) is 21.6 Å². The van der Waals surface area contributed by atoms with Gasteiger partial charge in [-0.05, 0) is 13.5 Å². The summed E-state index contributed by atoms with van der Waals surface area (Å²) in [6, 6.07) is 0. The van der Waals surface area contributed by atoms with E-state index in [4.69, 9.17) is 5.73 Å². The van der Waals surface area contributed by atoms with Crippen molar-refractivity contribution in [3.63, 3.8) is 0 Å². The Bertz CT molecular complexity index is 277. The molecule has 2 atom stereocenters. The summed E-state index contributed by atoms with van der Waals surface area (Å²) in [6.45, 7) is 4.16. The van der Waals surface area contributed by atoms with E-state index < -0.39 is 6.10 Å². The van der Waals surface area contributed by atoms with Crippen molar-refractivity contribution in [3.05, 3.63) is 23.8 Å². The molecular formula is C9H15N3O. The van der Waals surface area contributed by atoms with E-state index >= 15 is 0 Å². The first-order valence-electron chi connectivity index (χ1n) is 4.32. The molecule has 0 spiro atoms. The minimum absolute atomic E-state index is 0.00963. The Kier molecular flexibility index (Phi) is 3.33. The molecule has 3 N–H and O–H groups in total. The highest BCUT2D eigenvalue weighted by Gasteiger charge is 2.18. The Labute approximate surface area is 77.8 Å². The van der Waals surface area contributed by atoms with Crippen molar-refractivity contribution in [2.75, 3.05) is 6.54 Å². The third-order valence-corrected chi connectivity index (χ3v) is 2.11. The molecule has 0 saturated heterocycles. The van der Waals surface area contributed by atoms with E-state index in [2.05, 4.69) is 9.97 Å². The van der Waals surface area contributed by atoms with E-state index in [1.54, 1.807) is 12.4 Å². The molecule has 0 saturated carbocycles. The van der Waals surface area contributed by atoms with Crippen LogP contribution in [0.4, 0.5) is 0 Å². The second-order valence-electron chi connectivity index (χ2n) is 3.18. The van der Waals surface area contributed by atoms with Crippen molar-refractivity contribution < 1.29 is 5.11 Å². The van der Waals surface area contributed by atoms with E-state index in [9.17, 15) is 5.11 Å². The first-order chi connectivity index (χ1) is 6.16. The van der Waals surface area contributed by atoms with Crippen molar-refractivity contribution in [1.82, 2.24) is 9.97 Å². The molecule has 4 heteroatoms. The minimum atomic E-state index is -0.612. The van der Waals surface area contributed by atoms with Gasteiger partial charge < -0.3 is 10.8 Å². The van der Waals surface area contributed by atoms with E-state index in [-0.39, 0.29) is 5.92 Å². The molecule has 4 nitrogen and oxygen atoms in total. The van der Waals surface area contributed by atoms with Crippen LogP contribution in [0, 0.1) is 12.8 Å². The summed E-state index contributed by atoms with van der Waals surface area (Å²) >= 11 is 0. The van der Waals surface area contributed by atoms with Crippen molar-refractivity contribution in [1.29, 1.82) is 0 Å². The van der Waals surface area contributed by atoms with Crippen LogP contribution >= 0.6 is 0 Å². The largest absolute Gasteiger partial charge is 0.386 e. The average molecular weight is 181 g/mol. The Morgan fingerprint density at radius 1 is 1.46 bits per heavy atom. The van der Waals surface area contributed by atoms with E-state index in [1.165, 1.54) is 0 Å². The normalized spacial score (nSPS) is 15.4. The summed E-state index contributed by atoms with van der Waals surface area (Å²) in [7, 11) is 0. The van der Waals surface area contributed by atoms with Crippen LogP contribution in [0.1, 0.15) is 24.4 Å². The molecule has 1 heterocycles. The van der Waals surface area contributed by atoms with Gasteiger partial charge in [-0.1, -0.05) is 6.92 Å². The van der Waals surface area contributed by atoms with Gasteiger partial charge >= 0.3 is 0 Å². The minimum Gasteiger partial charge on any atom is -0.386 e. The van der Waals surface area contributed by atoms with Gasteiger partial charge in [-0.25, -0.2) is 0 Å². The molecule has 0 amide bonds. The monoisotopic (exact) mass is 181 g/mol. The molecule has 2 unspecified atom stereocenters. The zero-order chi connectivity index (χ0) is 9.84. The Balaban J connectivity index is 2.88. The lowest BCUT2D eigenvalue weighted by Crippen LogP contribution is -2.20. The van der Waals surface area contributed by atoms with Gasteiger partial charge in [0.15, 0.2) is 0 Å². The predicted molar refractivity (Wildman–Crippen MR) is 49.9 cm³/mol. The van der Waals surface area contributed by atoms with Crippen molar-refractivity contribution in [2.24, 2.45) is 11.7 Å². The van der Waals surface area contributed by atoms with Crippen LogP contribution in [0.2, 0.25) is 0 Å². The molecule has 1 aromatic heterocycles. The second-order valence-corrected chi connectivity index (χ2v) is 3.18. The lowest BCUT2D eigenvalue weighted by atomic mass is 10.0. The standard InChI is InChI=1S/C9H15N3O/c1-6(5-10)9(13)8-7(2)11-3-4-12-8/h3-4,6,9,13H,5,10H2,1-2H3. The molecule has 0 aliphatic rings. The van der Waals surface area contributed by atoms with Crippen molar-refractivity contribution >= 4 is 0 Å². The van der Waals surface area contributed by atoms with Crippen LogP contribution in [0.15, 0.2) is 12.4 Å². The second kappa shape index (κ2) is 4.30. The fourth-order valence-electron chi connectivity index (χ4n) is 1.11. The number of hydrogen-bond donors (Lipinski definition) is 2. The Morgan fingerprint density at radius 2 is 2.08 bits per heavy atom. The molecule has 0 bridgehead atoms. The number of nitrogens with zero attached hydrogens (tertiary/aromatic N) is 2. The lowest BCUT2D eigenvalue weighted by Gasteiger charge is -2.17. The smallest absolute Gasteiger partial charge is 0.102 e. The summed E-state index contributed by atoms with van der Waals surface area (Å²) in [5.41, 5.74) is 6.84. The van der Waals surface area contributed by atoms with Gasteiger partial charge in [-0.2, -0.15) is 0 Å². The zero-order valence-corrected chi connectivity index (χ0v) is 7.94. The maximum absolute atomic E-state index is 9.79. The third-order valence-electron chi connectivity index (χ3n) is 2.11. The highest BCUT2D eigenvalue weighted by molar-refractivity contribution is 5.12. The zero-order valence-electron chi connectivity index (χ0n) is 7.94. The van der Waals surface area contributed by atoms with Gasteiger partial charge in [-0.15, -0.1) is 0 Å².